The van der Waals surface area contributed by atoms with E-state index >= 15 is 0 Å². The van der Waals surface area contributed by atoms with E-state index in [-0.39, 0.29) is 5.91 Å². The third-order valence-electron chi connectivity index (χ3n) is 3.01. The first-order valence-electron chi connectivity index (χ1n) is 8.35. The standard InChI is InChI=1S/C14H28N2O3.C2H6/c15-11-10-13(17)16-12-8-6-4-2-1-3-5-7-9-14(18)19;1-2/h1-12,15H2,(H,16,17)(H,18,19);1-2H3. The summed E-state index contributed by atoms with van der Waals surface area (Å²) < 4.78 is 0. The van der Waals surface area contributed by atoms with Crippen LogP contribution in [0.4, 0.5) is 0 Å². The molecule has 0 rings (SSSR count). The van der Waals surface area contributed by atoms with Crippen LogP contribution in [0, 0.1) is 0 Å². The van der Waals surface area contributed by atoms with Gasteiger partial charge in [-0.05, 0) is 12.8 Å². The quantitative estimate of drug-likeness (QED) is 0.456. The molecule has 0 atom stereocenters. The zero-order chi connectivity index (χ0) is 16.3. The molecule has 0 aromatic heterocycles. The Morgan fingerprint density at radius 2 is 1.33 bits per heavy atom. The molecule has 0 aliphatic rings. The number of carbonyl (C=O) groups is 2. The Labute approximate surface area is 129 Å². The molecular formula is C16H34N2O3. The number of unbranched alkanes of at least 4 members (excludes halogenated alkanes) is 7. The lowest BCUT2D eigenvalue weighted by Gasteiger charge is -2.04. The molecule has 0 bridgehead atoms. The molecule has 0 fully saturated rings. The number of carbonyl (C=O) groups excluding carboxylic acids is 1. The number of hydrogen-bond acceptors (Lipinski definition) is 3. The minimum atomic E-state index is -0.698. The monoisotopic (exact) mass is 302 g/mol. The molecule has 21 heavy (non-hydrogen) atoms. The van der Waals surface area contributed by atoms with Gasteiger partial charge in [0.25, 0.3) is 0 Å². The third-order valence-corrected chi connectivity index (χ3v) is 3.01. The number of rotatable bonds is 13. The predicted octanol–water partition coefficient (Wildman–Crippen LogP) is 3.07. The molecule has 5 nitrogen and oxygen atoms in total. The fourth-order valence-electron chi connectivity index (χ4n) is 1.91. The normalized spacial score (nSPS) is 9.67. The van der Waals surface area contributed by atoms with Crippen LogP contribution in [0.5, 0.6) is 0 Å². The molecule has 0 radical (unpaired) electrons. The molecule has 0 aliphatic heterocycles. The lowest BCUT2D eigenvalue weighted by molar-refractivity contribution is -0.137. The molecule has 0 aromatic rings. The third kappa shape index (κ3) is 21.4. The van der Waals surface area contributed by atoms with Crippen LogP contribution in [-0.4, -0.2) is 30.1 Å². The van der Waals surface area contributed by atoms with E-state index in [2.05, 4.69) is 5.32 Å². The summed E-state index contributed by atoms with van der Waals surface area (Å²) in [7, 11) is 0. The molecule has 5 heteroatoms. The van der Waals surface area contributed by atoms with Crippen LogP contribution in [0.15, 0.2) is 0 Å². The highest BCUT2D eigenvalue weighted by Gasteiger charge is 1.98. The van der Waals surface area contributed by atoms with Gasteiger partial charge in [0.15, 0.2) is 0 Å². The van der Waals surface area contributed by atoms with E-state index in [0.29, 0.717) is 19.4 Å². The Balaban J connectivity index is 0. The summed E-state index contributed by atoms with van der Waals surface area (Å²) in [5.74, 6) is -0.655. The van der Waals surface area contributed by atoms with E-state index in [4.69, 9.17) is 10.8 Å². The number of amides is 1. The number of carboxylic acid groups (broad SMARTS) is 1. The maximum absolute atomic E-state index is 11.1. The summed E-state index contributed by atoms with van der Waals surface area (Å²) in [5.41, 5.74) is 5.27. The summed E-state index contributed by atoms with van der Waals surface area (Å²) >= 11 is 0. The second-order valence-corrected chi connectivity index (χ2v) is 4.86. The zero-order valence-electron chi connectivity index (χ0n) is 13.8. The van der Waals surface area contributed by atoms with Crippen molar-refractivity contribution in [3.05, 3.63) is 0 Å². The van der Waals surface area contributed by atoms with Crippen molar-refractivity contribution in [1.82, 2.24) is 5.32 Å². The summed E-state index contributed by atoms with van der Waals surface area (Å²) in [6.07, 6.45) is 9.37. The number of hydrogen-bond donors (Lipinski definition) is 3. The Bertz CT molecular complexity index is 246. The van der Waals surface area contributed by atoms with Crippen molar-refractivity contribution >= 4 is 11.9 Å². The number of carboxylic acids is 1. The molecule has 0 saturated heterocycles. The van der Waals surface area contributed by atoms with Gasteiger partial charge >= 0.3 is 5.97 Å². The van der Waals surface area contributed by atoms with Gasteiger partial charge in [0.05, 0.1) is 0 Å². The van der Waals surface area contributed by atoms with Gasteiger partial charge in [-0.25, -0.2) is 0 Å². The predicted molar refractivity (Wildman–Crippen MR) is 87.2 cm³/mol. The van der Waals surface area contributed by atoms with Crippen molar-refractivity contribution in [2.75, 3.05) is 13.1 Å². The minimum Gasteiger partial charge on any atom is -0.481 e. The van der Waals surface area contributed by atoms with Crippen LogP contribution < -0.4 is 11.1 Å². The van der Waals surface area contributed by atoms with Gasteiger partial charge in [-0.15, -0.1) is 0 Å². The van der Waals surface area contributed by atoms with Gasteiger partial charge in [-0.3, -0.25) is 9.59 Å². The highest BCUT2D eigenvalue weighted by Crippen LogP contribution is 2.09. The number of aliphatic carboxylic acids is 1. The number of nitrogens with two attached hydrogens (primary N) is 1. The van der Waals surface area contributed by atoms with Gasteiger partial charge in [0, 0.05) is 25.9 Å². The highest BCUT2D eigenvalue weighted by molar-refractivity contribution is 5.75. The Hall–Kier alpha value is -1.10. The fourth-order valence-corrected chi connectivity index (χ4v) is 1.91. The van der Waals surface area contributed by atoms with Crippen LogP contribution in [0.2, 0.25) is 0 Å². The lowest BCUT2D eigenvalue weighted by atomic mass is 10.1. The summed E-state index contributed by atoms with van der Waals surface area (Å²) in [4.78, 5) is 21.4. The first kappa shape index (κ1) is 22.2. The van der Waals surface area contributed by atoms with Crippen molar-refractivity contribution in [1.29, 1.82) is 0 Å². The minimum absolute atomic E-state index is 0.0425. The van der Waals surface area contributed by atoms with E-state index in [9.17, 15) is 9.59 Å². The highest BCUT2D eigenvalue weighted by atomic mass is 16.4. The number of nitrogens with one attached hydrogen (secondary N) is 1. The molecule has 4 N–H and O–H groups in total. The average molecular weight is 302 g/mol. The average Bonchev–Trinajstić information content (AvgIpc) is 2.47. The van der Waals surface area contributed by atoms with Gasteiger partial charge in [-0.1, -0.05) is 52.4 Å². The molecule has 0 heterocycles. The molecule has 0 unspecified atom stereocenters. The molecule has 1 amide bonds. The summed E-state index contributed by atoms with van der Waals surface area (Å²) in [5, 5.41) is 11.3. The van der Waals surface area contributed by atoms with Crippen LogP contribution in [0.25, 0.3) is 0 Å². The molecule has 126 valence electrons. The van der Waals surface area contributed by atoms with Crippen molar-refractivity contribution < 1.29 is 14.7 Å². The summed E-state index contributed by atoms with van der Waals surface area (Å²) in [6.45, 7) is 5.16. The van der Waals surface area contributed by atoms with E-state index < -0.39 is 5.97 Å². The van der Waals surface area contributed by atoms with Crippen LogP contribution in [-0.2, 0) is 9.59 Å². The Morgan fingerprint density at radius 3 is 1.81 bits per heavy atom. The second kappa shape index (κ2) is 18.9. The largest absolute Gasteiger partial charge is 0.481 e. The molecule has 0 aliphatic carbocycles. The van der Waals surface area contributed by atoms with Gasteiger partial charge in [-0.2, -0.15) is 0 Å². The fraction of sp³-hybridized carbons (Fsp3) is 0.875. The van der Waals surface area contributed by atoms with Crippen molar-refractivity contribution in [2.45, 2.75) is 78.1 Å². The van der Waals surface area contributed by atoms with Crippen molar-refractivity contribution in [2.24, 2.45) is 5.73 Å². The first-order valence-corrected chi connectivity index (χ1v) is 8.35. The topological polar surface area (TPSA) is 92.4 Å². The maximum Gasteiger partial charge on any atom is 0.303 e. The smallest absolute Gasteiger partial charge is 0.303 e. The molecular weight excluding hydrogens is 268 g/mol. The van der Waals surface area contributed by atoms with E-state index in [1.165, 1.54) is 19.3 Å². The van der Waals surface area contributed by atoms with Gasteiger partial charge in [0.2, 0.25) is 5.91 Å². The van der Waals surface area contributed by atoms with Crippen LogP contribution in [0.1, 0.15) is 78.1 Å². The lowest BCUT2D eigenvalue weighted by Crippen LogP contribution is -2.26. The van der Waals surface area contributed by atoms with Crippen LogP contribution >= 0.6 is 0 Å². The Morgan fingerprint density at radius 1 is 0.857 bits per heavy atom. The van der Waals surface area contributed by atoms with E-state index in [1.807, 2.05) is 13.8 Å². The zero-order valence-corrected chi connectivity index (χ0v) is 13.8. The van der Waals surface area contributed by atoms with E-state index in [1.54, 1.807) is 0 Å². The molecule has 0 spiro atoms. The first-order chi connectivity index (χ1) is 10.2. The summed E-state index contributed by atoms with van der Waals surface area (Å²) in [6, 6.07) is 0. The van der Waals surface area contributed by atoms with E-state index in [0.717, 1.165) is 38.6 Å². The Kier molecular flexibility index (Phi) is 20.0. The molecule has 0 saturated carbocycles. The second-order valence-electron chi connectivity index (χ2n) is 4.86. The van der Waals surface area contributed by atoms with Gasteiger partial charge in [0.1, 0.15) is 0 Å². The SMILES string of the molecule is CC.NCCC(=O)NCCCCCCCCCCC(=O)O. The van der Waals surface area contributed by atoms with Crippen LogP contribution in [0.3, 0.4) is 0 Å². The van der Waals surface area contributed by atoms with Crippen molar-refractivity contribution in [3.8, 4) is 0 Å². The molecule has 0 aromatic carbocycles. The van der Waals surface area contributed by atoms with Gasteiger partial charge < -0.3 is 16.2 Å². The van der Waals surface area contributed by atoms with Crippen molar-refractivity contribution in [3.63, 3.8) is 0 Å². The maximum atomic E-state index is 11.1.